The molecule has 2 bridgehead atoms. The molecule has 1 amide bonds. The highest BCUT2D eigenvalue weighted by Crippen LogP contribution is 2.45. The van der Waals surface area contributed by atoms with E-state index in [2.05, 4.69) is 25.3 Å². The number of nitrogens with one attached hydrogen (secondary N) is 1. The molecule has 13 nitrogen and oxygen atoms in total. The number of H-pyrrole nitrogens is 1. The number of pyridine rings is 1. The molecule has 7 rings (SSSR count). The molecule has 0 spiro atoms. The van der Waals surface area contributed by atoms with Gasteiger partial charge in [-0.05, 0) is 43.9 Å². The van der Waals surface area contributed by atoms with Crippen LogP contribution in [0.15, 0.2) is 53.9 Å². The van der Waals surface area contributed by atoms with Gasteiger partial charge in [-0.2, -0.15) is 9.61 Å². The number of anilines is 1. The Labute approximate surface area is 251 Å². The second-order valence-electron chi connectivity index (χ2n) is 11.2. The first kappa shape index (κ1) is 27.9. The number of carbonyl (C=O) groups excluding carboxylic acids is 1. The normalized spacial score (nSPS) is 19.9. The van der Waals surface area contributed by atoms with E-state index in [4.69, 9.17) is 15.5 Å². The van der Waals surface area contributed by atoms with Gasteiger partial charge in [0, 0.05) is 53.2 Å². The van der Waals surface area contributed by atoms with Crippen molar-refractivity contribution in [2.75, 3.05) is 19.1 Å². The lowest BCUT2D eigenvalue weighted by atomic mass is 9.87. The molecule has 5 aromatic rings. The van der Waals surface area contributed by atoms with E-state index < -0.39 is 15.7 Å². The van der Waals surface area contributed by atoms with Crippen LogP contribution in [0, 0.1) is 5.82 Å². The van der Waals surface area contributed by atoms with Gasteiger partial charge in [-0.3, -0.25) is 9.78 Å². The third-order valence-electron chi connectivity index (χ3n) is 8.53. The van der Waals surface area contributed by atoms with Crippen molar-refractivity contribution in [2.24, 2.45) is 0 Å². The van der Waals surface area contributed by atoms with Crippen molar-refractivity contribution < 1.29 is 22.3 Å². The summed E-state index contributed by atoms with van der Waals surface area (Å²) < 4.78 is 47.3. The Kier molecular flexibility index (Phi) is 6.57. The lowest BCUT2D eigenvalue weighted by Crippen LogP contribution is -2.46. The number of hydrogen-bond acceptors (Lipinski definition) is 10. The number of nitrogens with two attached hydrogens (primary N) is 1. The fourth-order valence-electron chi connectivity index (χ4n) is 6.59. The van der Waals surface area contributed by atoms with Gasteiger partial charge in [0.05, 0.1) is 24.7 Å². The van der Waals surface area contributed by atoms with Crippen LogP contribution in [0.4, 0.5) is 10.2 Å². The first-order valence-corrected chi connectivity index (χ1v) is 15.9. The molecule has 0 aliphatic carbocycles. The van der Waals surface area contributed by atoms with Gasteiger partial charge in [0.1, 0.15) is 28.6 Å². The van der Waals surface area contributed by atoms with Crippen LogP contribution in [-0.2, 0) is 9.84 Å². The highest BCUT2D eigenvalue weighted by molar-refractivity contribution is 7.91. The molecule has 2 saturated heterocycles. The average Bonchev–Trinajstić information content (AvgIpc) is 3.75. The van der Waals surface area contributed by atoms with Crippen LogP contribution in [0.25, 0.3) is 28.0 Å². The summed E-state index contributed by atoms with van der Waals surface area (Å²) in [5, 5.41) is 12.0. The zero-order chi connectivity index (χ0) is 30.7. The number of nitrogens with zero attached hydrogens (tertiary/aromatic N) is 7. The second kappa shape index (κ2) is 10.4. The van der Waals surface area contributed by atoms with Crippen LogP contribution >= 0.6 is 0 Å². The maximum absolute atomic E-state index is 14.7. The van der Waals surface area contributed by atoms with Crippen LogP contribution < -0.4 is 10.5 Å². The van der Waals surface area contributed by atoms with Crippen molar-refractivity contribution in [1.29, 1.82) is 0 Å². The van der Waals surface area contributed by atoms with E-state index in [9.17, 15) is 17.6 Å². The van der Waals surface area contributed by atoms with Crippen molar-refractivity contribution in [3.8, 4) is 28.1 Å². The second-order valence-corrected chi connectivity index (χ2v) is 13.1. The Bertz CT molecular complexity index is 2000. The maximum atomic E-state index is 14.7. The number of nitrogen functional groups attached to an aromatic ring is 1. The maximum Gasteiger partial charge on any atom is 0.292 e. The summed E-state index contributed by atoms with van der Waals surface area (Å²) in [4.78, 5) is 27.1. The number of rotatable bonds is 6. The molecule has 6 heterocycles. The highest BCUT2D eigenvalue weighted by atomic mass is 32.2. The van der Waals surface area contributed by atoms with E-state index in [1.165, 1.54) is 24.0 Å². The predicted octanol–water partition coefficient (Wildman–Crippen LogP) is 3.26. The predicted molar refractivity (Wildman–Crippen MR) is 157 cm³/mol. The van der Waals surface area contributed by atoms with Crippen LogP contribution in [0.3, 0.4) is 0 Å². The third kappa shape index (κ3) is 4.54. The Morgan fingerprint density at radius 1 is 1.11 bits per heavy atom. The number of ether oxygens (including phenoxy) is 1. The fraction of sp³-hybridized carbons (Fsp3) is 0.310. The number of methoxy groups -OCH3 is 1. The highest BCUT2D eigenvalue weighted by Gasteiger charge is 2.46. The Morgan fingerprint density at radius 3 is 2.50 bits per heavy atom. The van der Waals surface area contributed by atoms with Crippen molar-refractivity contribution >= 4 is 27.2 Å². The number of aromatic nitrogens is 7. The number of fused-ring (bicyclic) bond motifs is 3. The number of amides is 1. The number of hydrogen-bond donors (Lipinski definition) is 2. The topological polar surface area (TPSA) is 174 Å². The number of aromatic amines is 1. The average molecular weight is 618 g/mol. The third-order valence-corrected chi connectivity index (χ3v) is 9.69. The number of piperidine rings is 1. The van der Waals surface area contributed by atoms with Crippen molar-refractivity contribution in [2.45, 2.75) is 48.6 Å². The largest absolute Gasteiger partial charge is 0.497 e. The van der Waals surface area contributed by atoms with Gasteiger partial charge < -0.3 is 20.4 Å². The number of halogens is 1. The Morgan fingerprint density at radius 2 is 1.89 bits per heavy atom. The molecular weight excluding hydrogens is 589 g/mol. The molecule has 226 valence electrons. The van der Waals surface area contributed by atoms with Gasteiger partial charge in [0.2, 0.25) is 5.82 Å². The summed E-state index contributed by atoms with van der Waals surface area (Å²) in [6.45, 7) is 0. The van der Waals surface area contributed by atoms with Gasteiger partial charge in [0.25, 0.3) is 5.91 Å². The summed E-state index contributed by atoms with van der Waals surface area (Å²) >= 11 is 0. The van der Waals surface area contributed by atoms with Crippen molar-refractivity contribution in [1.82, 2.24) is 39.7 Å². The molecule has 3 atom stereocenters. The number of sulfone groups is 1. The summed E-state index contributed by atoms with van der Waals surface area (Å²) in [7, 11) is -2.32. The standard InChI is InChI=1S/C29H28FN9O4S/c1-43-19-6-7-20(22(30)11-19)23-8-3-15(12-32-23)21-13-35-39-26(31)25(44(2,41)42)24(36-28(21)39)16-9-17-4-5-18(10-16)38(17)29(40)27-33-14-34-37-27/h3,6-8,11-14,16-18H,4-5,9-10,31H2,1-2H3,(H,33,34,37)/t16-,17+,18-. The van der Waals surface area contributed by atoms with Crippen LogP contribution in [-0.4, -0.2) is 79.4 Å². The fourth-order valence-corrected chi connectivity index (χ4v) is 7.64. The van der Waals surface area contributed by atoms with Crippen LogP contribution in [0.2, 0.25) is 0 Å². The summed E-state index contributed by atoms with van der Waals surface area (Å²) in [5.41, 5.74) is 9.24. The minimum absolute atomic E-state index is 0.0313. The van der Waals surface area contributed by atoms with E-state index in [0.29, 0.717) is 52.3 Å². The summed E-state index contributed by atoms with van der Waals surface area (Å²) in [6, 6.07) is 7.81. The van der Waals surface area contributed by atoms with Crippen LogP contribution in [0.5, 0.6) is 5.75 Å². The molecule has 2 aliphatic heterocycles. The zero-order valence-electron chi connectivity index (χ0n) is 23.8. The van der Waals surface area contributed by atoms with E-state index in [1.54, 1.807) is 36.7 Å². The first-order chi connectivity index (χ1) is 21.1. The molecule has 2 aliphatic rings. The number of benzene rings is 1. The molecular formula is C29H28FN9O4S. The van der Waals surface area contributed by atoms with Gasteiger partial charge in [-0.1, -0.05) is 6.07 Å². The van der Waals surface area contributed by atoms with E-state index in [1.807, 2.05) is 4.90 Å². The molecule has 15 heteroatoms. The molecule has 3 N–H and O–H groups in total. The molecule has 2 fully saturated rings. The quantitative estimate of drug-likeness (QED) is 0.288. The molecule has 4 aromatic heterocycles. The van der Waals surface area contributed by atoms with Gasteiger partial charge in [-0.15, -0.1) is 10.2 Å². The minimum Gasteiger partial charge on any atom is -0.497 e. The monoisotopic (exact) mass is 617 g/mol. The van der Waals surface area contributed by atoms with E-state index >= 15 is 0 Å². The molecule has 0 saturated carbocycles. The SMILES string of the molecule is COc1ccc(-c2ccc(-c3cnn4c(N)c(S(C)(=O)=O)c([C@H]5C[C@H]6CC[C@@H](C5)N6C(=O)c5nnc[nH]5)nc34)cn2)c(F)c1. The lowest BCUT2D eigenvalue weighted by Gasteiger charge is -2.38. The zero-order valence-corrected chi connectivity index (χ0v) is 24.6. The van der Waals surface area contributed by atoms with Gasteiger partial charge in [-0.25, -0.2) is 17.8 Å². The van der Waals surface area contributed by atoms with Gasteiger partial charge in [0.15, 0.2) is 15.5 Å². The number of carbonyl (C=O) groups is 1. The van der Waals surface area contributed by atoms with E-state index in [0.717, 1.165) is 19.1 Å². The molecule has 44 heavy (non-hydrogen) atoms. The van der Waals surface area contributed by atoms with E-state index in [-0.39, 0.29) is 40.4 Å². The van der Waals surface area contributed by atoms with Crippen LogP contribution in [0.1, 0.15) is 47.9 Å². The molecule has 0 radical (unpaired) electrons. The lowest BCUT2D eigenvalue weighted by molar-refractivity contribution is 0.0556. The van der Waals surface area contributed by atoms with Crippen molar-refractivity contribution in [3.05, 3.63) is 66.4 Å². The smallest absolute Gasteiger partial charge is 0.292 e. The minimum atomic E-state index is -3.79. The first-order valence-electron chi connectivity index (χ1n) is 14.0. The van der Waals surface area contributed by atoms with Gasteiger partial charge >= 0.3 is 0 Å². The molecule has 1 aromatic carbocycles. The Balaban J connectivity index is 1.27. The summed E-state index contributed by atoms with van der Waals surface area (Å²) in [5.74, 6) is -0.388. The summed E-state index contributed by atoms with van der Waals surface area (Å²) in [6.07, 6.45) is 8.25. The van der Waals surface area contributed by atoms with Crippen molar-refractivity contribution in [3.63, 3.8) is 0 Å². The molecule has 0 unspecified atom stereocenters. The Hall–Kier alpha value is -4.92.